The van der Waals surface area contributed by atoms with Crippen LogP contribution in [0.5, 0.6) is 11.5 Å². The van der Waals surface area contributed by atoms with Crippen LogP contribution in [0.4, 0.5) is 11.6 Å². The van der Waals surface area contributed by atoms with E-state index in [0.29, 0.717) is 29.7 Å². The molecule has 0 aliphatic carbocycles. The molecule has 3 rings (SSSR count). The van der Waals surface area contributed by atoms with Crippen molar-refractivity contribution in [2.24, 2.45) is 0 Å². The summed E-state index contributed by atoms with van der Waals surface area (Å²) in [5, 5.41) is 14.0. The number of benzene rings is 1. The van der Waals surface area contributed by atoms with Gasteiger partial charge in [-0.2, -0.15) is 0 Å². The van der Waals surface area contributed by atoms with Crippen LogP contribution in [0.2, 0.25) is 0 Å². The molecule has 1 aromatic carbocycles. The molecule has 8 nitrogen and oxygen atoms in total. The second-order valence-electron chi connectivity index (χ2n) is 5.93. The molecule has 8 heteroatoms. The third-order valence-electron chi connectivity index (χ3n) is 3.97. The van der Waals surface area contributed by atoms with Crippen LogP contribution in [0.3, 0.4) is 0 Å². The van der Waals surface area contributed by atoms with Crippen LogP contribution in [0, 0.1) is 0 Å². The van der Waals surface area contributed by atoms with E-state index in [1.165, 1.54) is 0 Å². The molecule has 0 bridgehead atoms. The number of rotatable bonds is 8. The number of amides is 1. The average molecular weight is 379 g/mol. The van der Waals surface area contributed by atoms with E-state index < -0.39 is 0 Å². The zero-order chi connectivity index (χ0) is 19.8. The molecule has 0 spiro atoms. The van der Waals surface area contributed by atoms with Crippen LogP contribution in [0.25, 0.3) is 0 Å². The van der Waals surface area contributed by atoms with Gasteiger partial charge in [0.05, 0.1) is 20.6 Å². The number of nitrogens with zero attached hydrogens (tertiary/aromatic N) is 3. The van der Waals surface area contributed by atoms with Crippen molar-refractivity contribution in [1.82, 2.24) is 15.2 Å². The van der Waals surface area contributed by atoms with Crippen molar-refractivity contribution in [1.29, 1.82) is 0 Å². The van der Waals surface area contributed by atoms with E-state index in [2.05, 4.69) is 25.8 Å². The summed E-state index contributed by atoms with van der Waals surface area (Å²) in [6.07, 6.45) is 3.66. The molecule has 2 N–H and O–H groups in total. The van der Waals surface area contributed by atoms with Gasteiger partial charge in [-0.25, -0.2) is 0 Å². The van der Waals surface area contributed by atoms with E-state index in [1.807, 2.05) is 18.2 Å². The Hall–Kier alpha value is -3.68. The van der Waals surface area contributed by atoms with E-state index in [1.54, 1.807) is 50.9 Å². The monoisotopic (exact) mass is 379 g/mol. The molecule has 28 heavy (non-hydrogen) atoms. The van der Waals surface area contributed by atoms with Crippen LogP contribution in [-0.2, 0) is 17.8 Å². The molecule has 0 fully saturated rings. The van der Waals surface area contributed by atoms with Crippen LogP contribution < -0.4 is 20.1 Å². The number of anilines is 2. The maximum atomic E-state index is 12.3. The highest BCUT2D eigenvalue weighted by Crippen LogP contribution is 2.27. The van der Waals surface area contributed by atoms with Crippen molar-refractivity contribution >= 4 is 17.5 Å². The molecule has 1 amide bonds. The summed E-state index contributed by atoms with van der Waals surface area (Å²) in [6.45, 7) is 0.613. The minimum absolute atomic E-state index is 0.185. The molecule has 2 heterocycles. The Morgan fingerprint density at radius 3 is 2.29 bits per heavy atom. The largest absolute Gasteiger partial charge is 0.493 e. The maximum absolute atomic E-state index is 12.3. The quantitative estimate of drug-likeness (QED) is 0.621. The average Bonchev–Trinajstić information content (AvgIpc) is 2.74. The highest BCUT2D eigenvalue weighted by molar-refractivity contribution is 5.91. The van der Waals surface area contributed by atoms with Gasteiger partial charge in [-0.3, -0.25) is 9.78 Å². The molecule has 0 saturated carbocycles. The number of nitrogens with one attached hydrogen (secondary N) is 2. The minimum atomic E-state index is -0.195. The number of hydrogen-bond donors (Lipinski definition) is 2. The Labute approximate surface area is 162 Å². The Balaban J connectivity index is 1.54. The standard InChI is InChI=1S/C20H21N5O3/c1-27-16-4-3-15(11-17(16)28-2)12-20(26)23-19-6-5-18(24-25-19)22-13-14-7-9-21-10-8-14/h3-11H,12-13H2,1-2H3,(H,22,24)(H,23,25,26). The van der Waals surface area contributed by atoms with Crippen LogP contribution in [0.1, 0.15) is 11.1 Å². The predicted molar refractivity (Wildman–Crippen MR) is 105 cm³/mol. The fourth-order valence-corrected chi connectivity index (χ4v) is 2.55. The van der Waals surface area contributed by atoms with E-state index in [4.69, 9.17) is 9.47 Å². The molecular weight excluding hydrogens is 358 g/mol. The van der Waals surface area contributed by atoms with Gasteiger partial charge in [-0.15, -0.1) is 10.2 Å². The third kappa shape index (κ3) is 5.16. The first-order valence-corrected chi connectivity index (χ1v) is 8.65. The van der Waals surface area contributed by atoms with Crippen molar-refractivity contribution in [3.8, 4) is 11.5 Å². The first kappa shape index (κ1) is 19.1. The molecule has 3 aromatic rings. The number of carbonyl (C=O) groups is 1. The maximum Gasteiger partial charge on any atom is 0.229 e. The molecule has 0 unspecified atom stereocenters. The van der Waals surface area contributed by atoms with E-state index in [9.17, 15) is 4.79 Å². The zero-order valence-electron chi connectivity index (χ0n) is 15.7. The second kappa shape index (κ2) is 9.31. The van der Waals surface area contributed by atoms with Gasteiger partial charge in [0.15, 0.2) is 17.3 Å². The van der Waals surface area contributed by atoms with Gasteiger partial charge in [0.2, 0.25) is 5.91 Å². The Morgan fingerprint density at radius 1 is 0.893 bits per heavy atom. The number of pyridine rings is 1. The lowest BCUT2D eigenvalue weighted by Crippen LogP contribution is -2.16. The van der Waals surface area contributed by atoms with Gasteiger partial charge in [0.25, 0.3) is 0 Å². The van der Waals surface area contributed by atoms with Gasteiger partial charge in [0.1, 0.15) is 5.82 Å². The van der Waals surface area contributed by atoms with Gasteiger partial charge < -0.3 is 20.1 Å². The second-order valence-corrected chi connectivity index (χ2v) is 5.93. The highest BCUT2D eigenvalue weighted by atomic mass is 16.5. The molecule has 0 radical (unpaired) electrons. The molecule has 144 valence electrons. The molecule has 0 aliphatic rings. The fourth-order valence-electron chi connectivity index (χ4n) is 2.55. The summed E-state index contributed by atoms with van der Waals surface area (Å²) in [5.74, 6) is 2.01. The number of carbonyl (C=O) groups excluding carboxylic acids is 1. The van der Waals surface area contributed by atoms with E-state index >= 15 is 0 Å². The summed E-state index contributed by atoms with van der Waals surface area (Å²) < 4.78 is 10.5. The smallest absolute Gasteiger partial charge is 0.229 e. The van der Waals surface area contributed by atoms with Gasteiger partial charge in [-0.1, -0.05) is 6.07 Å². The minimum Gasteiger partial charge on any atom is -0.493 e. The van der Waals surface area contributed by atoms with Crippen LogP contribution in [-0.4, -0.2) is 35.3 Å². The molecule has 0 saturated heterocycles. The Kier molecular flexibility index (Phi) is 6.35. The van der Waals surface area contributed by atoms with Crippen LogP contribution in [0.15, 0.2) is 54.9 Å². The summed E-state index contributed by atoms with van der Waals surface area (Å²) >= 11 is 0. The van der Waals surface area contributed by atoms with Crippen molar-refractivity contribution in [3.05, 3.63) is 66.0 Å². The summed E-state index contributed by atoms with van der Waals surface area (Å²) in [7, 11) is 3.13. The van der Waals surface area contributed by atoms with E-state index in [-0.39, 0.29) is 12.3 Å². The predicted octanol–water partition coefficient (Wildman–Crippen LogP) is 2.68. The van der Waals surface area contributed by atoms with Gasteiger partial charge >= 0.3 is 0 Å². The number of aromatic nitrogens is 3. The first-order chi connectivity index (χ1) is 13.7. The summed E-state index contributed by atoms with van der Waals surface area (Å²) in [6, 6.07) is 12.7. The van der Waals surface area contributed by atoms with Crippen molar-refractivity contribution in [3.63, 3.8) is 0 Å². The summed E-state index contributed by atoms with van der Waals surface area (Å²) in [5.41, 5.74) is 1.89. The molecule has 2 aromatic heterocycles. The third-order valence-corrected chi connectivity index (χ3v) is 3.97. The molecular formula is C20H21N5O3. The lowest BCUT2D eigenvalue weighted by atomic mass is 10.1. The van der Waals surface area contributed by atoms with Crippen molar-refractivity contribution in [2.45, 2.75) is 13.0 Å². The van der Waals surface area contributed by atoms with Crippen LogP contribution >= 0.6 is 0 Å². The number of methoxy groups -OCH3 is 2. The Morgan fingerprint density at radius 2 is 1.61 bits per heavy atom. The van der Waals surface area contributed by atoms with Crippen molar-refractivity contribution in [2.75, 3.05) is 24.9 Å². The fraction of sp³-hybridized carbons (Fsp3) is 0.200. The molecule has 0 aliphatic heterocycles. The zero-order valence-corrected chi connectivity index (χ0v) is 15.7. The SMILES string of the molecule is COc1ccc(CC(=O)Nc2ccc(NCc3ccncc3)nn2)cc1OC. The lowest BCUT2D eigenvalue weighted by Gasteiger charge is -2.10. The molecule has 0 atom stereocenters. The van der Waals surface area contributed by atoms with Gasteiger partial charge in [-0.05, 0) is 47.5 Å². The van der Waals surface area contributed by atoms with Crippen molar-refractivity contribution < 1.29 is 14.3 Å². The Bertz CT molecular complexity index is 917. The number of ether oxygens (including phenoxy) is 2. The number of hydrogen-bond acceptors (Lipinski definition) is 7. The summed E-state index contributed by atoms with van der Waals surface area (Å²) in [4.78, 5) is 16.2. The highest BCUT2D eigenvalue weighted by Gasteiger charge is 2.09. The topological polar surface area (TPSA) is 98.3 Å². The lowest BCUT2D eigenvalue weighted by molar-refractivity contribution is -0.115. The van der Waals surface area contributed by atoms with E-state index in [0.717, 1.165) is 11.1 Å². The van der Waals surface area contributed by atoms with Gasteiger partial charge in [0, 0.05) is 18.9 Å². The normalized spacial score (nSPS) is 10.2. The first-order valence-electron chi connectivity index (χ1n) is 8.65.